The van der Waals surface area contributed by atoms with Gasteiger partial charge in [0.05, 0.1) is 5.02 Å². The van der Waals surface area contributed by atoms with E-state index in [0.717, 1.165) is 0 Å². The minimum atomic E-state index is -0.786. The van der Waals surface area contributed by atoms with Crippen LogP contribution in [0.1, 0.15) is 6.92 Å². The van der Waals surface area contributed by atoms with Crippen LogP contribution in [-0.2, 0) is 4.79 Å². The Hall–Kier alpha value is -1.78. The first-order valence-corrected chi connectivity index (χ1v) is 6.90. The summed E-state index contributed by atoms with van der Waals surface area (Å²) < 4.78 is 18.3. The van der Waals surface area contributed by atoms with Crippen LogP contribution in [0.5, 0.6) is 5.75 Å². The Kier molecular flexibility index (Phi) is 5.04. The SMILES string of the molecule is CC(Oc1cccc(Cl)c1Cl)C(=O)Nc1ccc(F)cc1. The highest BCUT2D eigenvalue weighted by Gasteiger charge is 2.17. The summed E-state index contributed by atoms with van der Waals surface area (Å²) >= 11 is 11.9. The molecule has 2 aromatic rings. The van der Waals surface area contributed by atoms with Crippen LogP contribution in [0.2, 0.25) is 10.0 Å². The molecule has 110 valence electrons. The predicted octanol–water partition coefficient (Wildman–Crippen LogP) is 4.54. The lowest BCUT2D eigenvalue weighted by Crippen LogP contribution is -2.30. The molecule has 2 rings (SSSR count). The Labute approximate surface area is 131 Å². The lowest BCUT2D eigenvalue weighted by Gasteiger charge is -2.16. The van der Waals surface area contributed by atoms with Gasteiger partial charge in [-0.3, -0.25) is 4.79 Å². The van der Waals surface area contributed by atoms with Crippen LogP contribution in [0.4, 0.5) is 10.1 Å². The number of halogens is 3. The zero-order valence-electron chi connectivity index (χ0n) is 11.1. The third-order valence-corrected chi connectivity index (χ3v) is 3.50. The molecule has 1 unspecified atom stereocenters. The highest BCUT2D eigenvalue weighted by Crippen LogP contribution is 2.32. The van der Waals surface area contributed by atoms with Crippen molar-refractivity contribution in [2.45, 2.75) is 13.0 Å². The fourth-order valence-corrected chi connectivity index (χ4v) is 1.93. The normalized spacial score (nSPS) is 11.8. The number of hydrogen-bond acceptors (Lipinski definition) is 2. The van der Waals surface area contributed by atoms with E-state index in [2.05, 4.69) is 5.32 Å². The van der Waals surface area contributed by atoms with E-state index >= 15 is 0 Å². The van der Waals surface area contributed by atoms with Crippen LogP contribution in [-0.4, -0.2) is 12.0 Å². The Balaban J connectivity index is 2.02. The van der Waals surface area contributed by atoms with Crippen molar-refractivity contribution in [1.82, 2.24) is 0 Å². The Morgan fingerprint density at radius 1 is 1.19 bits per heavy atom. The van der Waals surface area contributed by atoms with E-state index in [0.29, 0.717) is 16.5 Å². The van der Waals surface area contributed by atoms with Crippen molar-refractivity contribution < 1.29 is 13.9 Å². The van der Waals surface area contributed by atoms with Gasteiger partial charge in [0, 0.05) is 5.69 Å². The van der Waals surface area contributed by atoms with Crippen LogP contribution in [0.3, 0.4) is 0 Å². The third kappa shape index (κ3) is 4.09. The number of carbonyl (C=O) groups is 1. The number of carbonyl (C=O) groups excluding carboxylic acids is 1. The van der Waals surface area contributed by atoms with Gasteiger partial charge in [0.25, 0.3) is 5.91 Å². The van der Waals surface area contributed by atoms with Gasteiger partial charge in [-0.1, -0.05) is 29.3 Å². The number of ether oxygens (including phenoxy) is 1. The van der Waals surface area contributed by atoms with Crippen molar-refractivity contribution in [3.05, 3.63) is 58.3 Å². The second-order valence-electron chi connectivity index (χ2n) is 4.31. The molecule has 0 bridgehead atoms. The summed E-state index contributed by atoms with van der Waals surface area (Å²) in [7, 11) is 0. The Morgan fingerprint density at radius 3 is 2.52 bits per heavy atom. The highest BCUT2D eigenvalue weighted by molar-refractivity contribution is 6.42. The number of benzene rings is 2. The molecule has 2 aromatic carbocycles. The molecule has 0 fully saturated rings. The maximum absolute atomic E-state index is 12.8. The zero-order chi connectivity index (χ0) is 15.4. The van der Waals surface area contributed by atoms with E-state index < -0.39 is 6.10 Å². The van der Waals surface area contributed by atoms with Crippen LogP contribution in [0.25, 0.3) is 0 Å². The molecule has 21 heavy (non-hydrogen) atoms. The summed E-state index contributed by atoms with van der Waals surface area (Å²) in [6, 6.07) is 10.4. The van der Waals surface area contributed by atoms with Crippen LogP contribution < -0.4 is 10.1 Å². The average Bonchev–Trinajstić information content (AvgIpc) is 2.46. The summed E-state index contributed by atoms with van der Waals surface area (Å²) in [6.45, 7) is 1.58. The third-order valence-electron chi connectivity index (χ3n) is 2.70. The molecule has 0 heterocycles. The number of anilines is 1. The molecule has 1 N–H and O–H groups in total. The number of rotatable bonds is 4. The molecule has 0 aliphatic carbocycles. The minimum Gasteiger partial charge on any atom is -0.479 e. The van der Waals surface area contributed by atoms with E-state index in [1.165, 1.54) is 24.3 Å². The number of hydrogen-bond donors (Lipinski definition) is 1. The fraction of sp³-hybridized carbons (Fsp3) is 0.133. The van der Waals surface area contributed by atoms with Gasteiger partial charge < -0.3 is 10.1 Å². The molecular formula is C15H12Cl2FNO2. The molecule has 0 aliphatic rings. The fourth-order valence-electron chi connectivity index (χ4n) is 1.60. The van der Waals surface area contributed by atoms with Gasteiger partial charge in [0.15, 0.2) is 6.10 Å². The lowest BCUT2D eigenvalue weighted by molar-refractivity contribution is -0.122. The van der Waals surface area contributed by atoms with Crippen LogP contribution in [0, 0.1) is 5.82 Å². The second kappa shape index (κ2) is 6.78. The molecule has 1 amide bonds. The van der Waals surface area contributed by atoms with Crippen molar-refractivity contribution in [2.75, 3.05) is 5.32 Å². The van der Waals surface area contributed by atoms with Crippen molar-refractivity contribution in [1.29, 1.82) is 0 Å². The molecule has 0 spiro atoms. The van der Waals surface area contributed by atoms with Crippen molar-refractivity contribution in [3.8, 4) is 5.75 Å². The van der Waals surface area contributed by atoms with Crippen LogP contribution >= 0.6 is 23.2 Å². The van der Waals surface area contributed by atoms with E-state index in [1.807, 2.05) is 0 Å². The van der Waals surface area contributed by atoms with Gasteiger partial charge in [-0.15, -0.1) is 0 Å². The molecule has 6 heteroatoms. The Morgan fingerprint density at radius 2 is 1.86 bits per heavy atom. The van der Waals surface area contributed by atoms with Gasteiger partial charge in [0.1, 0.15) is 16.6 Å². The van der Waals surface area contributed by atoms with E-state index in [9.17, 15) is 9.18 Å². The molecule has 0 aliphatic heterocycles. The van der Waals surface area contributed by atoms with Gasteiger partial charge in [-0.2, -0.15) is 0 Å². The summed E-state index contributed by atoms with van der Waals surface area (Å²) in [5.41, 5.74) is 0.481. The number of nitrogens with one attached hydrogen (secondary N) is 1. The van der Waals surface area contributed by atoms with Crippen molar-refractivity contribution in [3.63, 3.8) is 0 Å². The van der Waals surface area contributed by atoms with E-state index in [1.54, 1.807) is 25.1 Å². The van der Waals surface area contributed by atoms with Gasteiger partial charge >= 0.3 is 0 Å². The molecular weight excluding hydrogens is 316 g/mol. The molecule has 0 saturated heterocycles. The Bertz CT molecular complexity index is 647. The smallest absolute Gasteiger partial charge is 0.265 e. The van der Waals surface area contributed by atoms with Gasteiger partial charge in [-0.05, 0) is 43.3 Å². The van der Waals surface area contributed by atoms with E-state index in [4.69, 9.17) is 27.9 Å². The predicted molar refractivity (Wildman–Crippen MR) is 81.6 cm³/mol. The molecule has 1 atom stereocenters. The van der Waals surface area contributed by atoms with E-state index in [-0.39, 0.29) is 16.7 Å². The van der Waals surface area contributed by atoms with Gasteiger partial charge in [0.2, 0.25) is 0 Å². The first-order valence-electron chi connectivity index (χ1n) is 6.14. The maximum Gasteiger partial charge on any atom is 0.265 e. The first kappa shape index (κ1) is 15.6. The molecule has 3 nitrogen and oxygen atoms in total. The quantitative estimate of drug-likeness (QED) is 0.895. The largest absolute Gasteiger partial charge is 0.479 e. The standard InChI is InChI=1S/C15H12Cl2FNO2/c1-9(21-13-4-2-3-12(16)14(13)17)15(20)19-11-7-5-10(18)6-8-11/h2-9H,1H3,(H,19,20). The highest BCUT2D eigenvalue weighted by atomic mass is 35.5. The summed E-state index contributed by atoms with van der Waals surface area (Å²) in [6.07, 6.45) is -0.786. The summed E-state index contributed by atoms with van der Waals surface area (Å²) in [5, 5.41) is 3.21. The van der Waals surface area contributed by atoms with Crippen molar-refractivity contribution in [2.24, 2.45) is 0 Å². The lowest BCUT2D eigenvalue weighted by atomic mass is 10.3. The zero-order valence-corrected chi connectivity index (χ0v) is 12.6. The van der Waals surface area contributed by atoms with Gasteiger partial charge in [-0.25, -0.2) is 4.39 Å². The second-order valence-corrected chi connectivity index (χ2v) is 5.09. The minimum absolute atomic E-state index is 0.251. The topological polar surface area (TPSA) is 38.3 Å². The summed E-state index contributed by atoms with van der Waals surface area (Å²) in [5.74, 6) is -0.424. The molecule has 0 radical (unpaired) electrons. The number of amides is 1. The van der Waals surface area contributed by atoms with Crippen molar-refractivity contribution >= 4 is 34.8 Å². The monoisotopic (exact) mass is 327 g/mol. The average molecular weight is 328 g/mol. The van der Waals surface area contributed by atoms with Crippen LogP contribution in [0.15, 0.2) is 42.5 Å². The summed E-state index contributed by atoms with van der Waals surface area (Å²) in [4.78, 5) is 12.0. The molecule has 0 saturated carbocycles. The molecule has 0 aromatic heterocycles. The maximum atomic E-state index is 12.8. The first-order chi connectivity index (χ1) is 9.97.